The van der Waals surface area contributed by atoms with Crippen molar-refractivity contribution in [3.63, 3.8) is 0 Å². The van der Waals surface area contributed by atoms with Gasteiger partial charge in [-0.05, 0) is 157 Å². The minimum absolute atomic E-state index is 0.0168. The predicted octanol–water partition coefficient (Wildman–Crippen LogP) is 23.8. The highest BCUT2D eigenvalue weighted by atomic mass is 14.9. The molecule has 0 spiro atoms. The number of hydrogen-bond donors (Lipinski definition) is 3. The Bertz CT molecular complexity index is 4400. The highest BCUT2D eigenvalue weighted by Gasteiger charge is 2.31. The lowest BCUT2D eigenvalue weighted by molar-refractivity contribution is 0.589. The number of anilines is 6. The molecule has 6 aliphatic rings. The maximum Gasteiger partial charge on any atom is 0.114 e. The molecule has 3 N–H and O–H groups in total. The maximum absolute atomic E-state index is 3.89. The van der Waals surface area contributed by atoms with Crippen molar-refractivity contribution in [3.8, 4) is 35.5 Å². The molecule has 7 aromatic carbocycles. The molecule has 7 aromatic rings. The first-order valence-electron chi connectivity index (χ1n) is 34.9. The van der Waals surface area contributed by atoms with Gasteiger partial charge in [0, 0.05) is 175 Å². The molecule has 3 heterocycles. The lowest BCUT2D eigenvalue weighted by atomic mass is 9.80. The van der Waals surface area contributed by atoms with Gasteiger partial charge in [0.2, 0.25) is 0 Å². The van der Waals surface area contributed by atoms with Crippen molar-refractivity contribution in [2.75, 3.05) is 16.0 Å². The van der Waals surface area contributed by atoms with E-state index in [1.54, 1.807) is 0 Å². The van der Waals surface area contributed by atoms with Gasteiger partial charge in [0.1, 0.15) is 17.8 Å². The lowest BCUT2D eigenvalue weighted by Crippen LogP contribution is -2.15. The SMILES string of the molecule is CC(C)(C)c1ccc2c(c1)C(=C=C1C=C[C+](C#Cc3cc(C#C[C+]4C=CC(=C=C5c6cc(C(C)(C)C)ccc6Nc6ccc(C(C)(C)C)cc65)C=C4)cc(C#C[C+]4C=CC(=C=C5c6cc(C(C)(C)C)ccc6Nc6ccc(C(C)(C)C)cc65)C=C4)c3)C=C1)c1cc(C(C)(C)C)ccc1N2. The fourth-order valence-electron chi connectivity index (χ4n) is 12.9. The van der Waals surface area contributed by atoms with Gasteiger partial charge in [0.25, 0.3) is 0 Å². The van der Waals surface area contributed by atoms with Crippen LogP contribution in [-0.2, 0) is 32.5 Å². The highest BCUT2D eigenvalue weighted by molar-refractivity contribution is 6.00. The second-order valence-electron chi connectivity index (χ2n) is 33.2. The van der Waals surface area contributed by atoms with Crippen molar-refractivity contribution < 1.29 is 0 Å². The van der Waals surface area contributed by atoms with E-state index >= 15 is 0 Å². The molecule has 0 bridgehead atoms. The molecule has 0 fully saturated rings. The molecule has 0 amide bonds. The molecule has 3 aliphatic heterocycles. The Morgan fingerprint density at radius 1 is 0.242 bits per heavy atom. The van der Waals surface area contributed by atoms with E-state index in [1.807, 2.05) is 0 Å². The van der Waals surface area contributed by atoms with E-state index in [4.69, 9.17) is 0 Å². The summed E-state index contributed by atoms with van der Waals surface area (Å²) in [6.45, 7) is 40.9. The van der Waals surface area contributed by atoms with Crippen molar-refractivity contribution in [2.24, 2.45) is 0 Å². The van der Waals surface area contributed by atoms with Crippen molar-refractivity contribution in [1.82, 2.24) is 0 Å². The average Bonchev–Trinajstić information content (AvgIpc) is 0.766. The first-order chi connectivity index (χ1) is 46.7. The summed E-state index contributed by atoms with van der Waals surface area (Å²) in [7, 11) is 0. The highest BCUT2D eigenvalue weighted by Crippen LogP contribution is 2.48. The van der Waals surface area contributed by atoms with Gasteiger partial charge in [-0.25, -0.2) is 0 Å². The molecule has 0 saturated heterocycles. The molecule has 3 aliphatic carbocycles. The first-order valence-corrected chi connectivity index (χ1v) is 34.9. The minimum atomic E-state index is -0.0168. The third kappa shape index (κ3) is 14.6. The van der Waals surface area contributed by atoms with Gasteiger partial charge in [-0.3, -0.25) is 0 Å². The van der Waals surface area contributed by atoms with Gasteiger partial charge >= 0.3 is 0 Å². The Balaban J connectivity index is 0.842. The molecule has 3 heteroatoms. The van der Waals surface area contributed by atoms with Crippen molar-refractivity contribution >= 4 is 50.8 Å². The summed E-state index contributed by atoms with van der Waals surface area (Å²) in [6.07, 6.45) is 25.3. The van der Waals surface area contributed by atoms with Crippen LogP contribution in [0.2, 0.25) is 0 Å². The Labute approximate surface area is 591 Å². The fraction of sp³-hybridized carbons (Fsp3) is 0.250. The van der Waals surface area contributed by atoms with E-state index in [-0.39, 0.29) is 32.5 Å². The third-order valence-corrected chi connectivity index (χ3v) is 19.2. The second-order valence-corrected chi connectivity index (χ2v) is 33.2. The van der Waals surface area contributed by atoms with Crippen molar-refractivity contribution in [1.29, 1.82) is 0 Å². The van der Waals surface area contributed by atoms with Crippen LogP contribution in [0, 0.1) is 53.3 Å². The van der Waals surface area contributed by atoms with Crippen LogP contribution in [0.4, 0.5) is 34.1 Å². The largest absolute Gasteiger partial charge is 0.354 e. The van der Waals surface area contributed by atoms with Gasteiger partial charge in [-0.1, -0.05) is 178 Å². The molecule has 0 aromatic heterocycles. The molecule has 3 nitrogen and oxygen atoms in total. The fourth-order valence-corrected chi connectivity index (χ4v) is 12.9. The van der Waals surface area contributed by atoms with Crippen LogP contribution in [0.3, 0.4) is 0 Å². The van der Waals surface area contributed by atoms with Crippen LogP contribution >= 0.6 is 0 Å². The molecular formula is C96H90N3+3. The van der Waals surface area contributed by atoms with Crippen molar-refractivity contribution in [3.05, 3.63) is 335 Å². The smallest absolute Gasteiger partial charge is 0.114 e. The van der Waals surface area contributed by atoms with Crippen molar-refractivity contribution in [2.45, 2.75) is 157 Å². The quantitative estimate of drug-likeness (QED) is 0.0805. The van der Waals surface area contributed by atoms with Crippen LogP contribution in [-0.4, -0.2) is 0 Å². The monoisotopic (exact) mass is 1280 g/mol. The van der Waals surface area contributed by atoms with E-state index in [2.05, 4.69) is 394 Å². The standard InChI is InChI=1S/C96H90N3/c1-91(2,3)70-37-43-85-79(55-70)76(80-56-71(92(4,5)6)38-44-86(80)97-85)52-64-28-19-61(20-29-64)25-34-67-49-68(35-26-62-21-30-65(31-22-62)53-77-81-57-72(93(7,8)9)39-45-87(81)98-88-46-40-73(58-82(77)88)94(10,11)12)51-69(50-67)36-27-63-23-32-66(33-24-63)54-78-83-59-74(95(13,14)15)41-47-89(83)99-90-48-42-75(60-84(78)90)96(16,17)18/h19-24,28-33,37-51,55-60,97-99H,1-18H3/q+3. The maximum atomic E-state index is 3.89. The Kier molecular flexibility index (Phi) is 17.1. The van der Waals surface area contributed by atoms with Crippen LogP contribution in [0.1, 0.15) is 208 Å². The molecule has 486 valence electrons. The first kappa shape index (κ1) is 66.8. The van der Waals surface area contributed by atoms with Gasteiger partial charge in [-0.2, -0.15) is 0 Å². The van der Waals surface area contributed by atoms with Gasteiger partial charge in [0.15, 0.2) is 0 Å². The number of rotatable bonds is 0. The molecule has 99 heavy (non-hydrogen) atoms. The molecule has 13 rings (SSSR count). The number of allylic oxidation sites excluding steroid dienone is 15. The van der Waals surface area contributed by atoms with Crippen LogP contribution < -0.4 is 16.0 Å². The minimum Gasteiger partial charge on any atom is -0.354 e. The van der Waals surface area contributed by atoms with E-state index < -0.39 is 0 Å². The molecular weight excluding hydrogens is 1200 g/mol. The van der Waals surface area contributed by atoms with Gasteiger partial charge in [-0.15, -0.1) is 0 Å². The summed E-state index contributed by atoms with van der Waals surface area (Å²) in [6, 6.07) is 47.0. The Morgan fingerprint density at radius 3 is 0.596 bits per heavy atom. The van der Waals surface area contributed by atoms with Crippen LogP contribution in [0.25, 0.3) is 16.7 Å². The van der Waals surface area contributed by atoms with E-state index in [1.165, 1.54) is 33.4 Å². The summed E-state index contributed by atoms with van der Waals surface area (Å²) in [5.41, 5.74) is 41.3. The zero-order valence-corrected chi connectivity index (χ0v) is 61.1. The summed E-state index contributed by atoms with van der Waals surface area (Å²) in [4.78, 5) is 0. The van der Waals surface area contributed by atoms with Crippen LogP contribution in [0.5, 0.6) is 0 Å². The molecule has 0 unspecified atom stereocenters. The number of fused-ring (bicyclic) bond motifs is 6. The molecule has 0 saturated carbocycles. The van der Waals surface area contributed by atoms with E-state index in [0.29, 0.717) is 0 Å². The summed E-state index contributed by atoms with van der Waals surface area (Å²) in [5, 5.41) is 11.2. The summed E-state index contributed by atoms with van der Waals surface area (Å²) in [5.74, 6) is 23.8. The predicted molar refractivity (Wildman–Crippen MR) is 421 cm³/mol. The Hall–Kier alpha value is -10.8. The average molecular weight is 1290 g/mol. The number of benzene rings is 7. The topological polar surface area (TPSA) is 36.1 Å². The zero-order chi connectivity index (χ0) is 70.1. The molecule has 0 atom stereocenters. The number of hydrogen-bond acceptors (Lipinski definition) is 3. The van der Waals surface area contributed by atoms with Gasteiger partial charge < -0.3 is 16.0 Å². The summed E-state index contributed by atoms with van der Waals surface area (Å²) >= 11 is 0. The van der Waals surface area contributed by atoms with E-state index in [9.17, 15) is 0 Å². The molecule has 0 radical (unpaired) electrons. The third-order valence-electron chi connectivity index (χ3n) is 19.2. The Morgan fingerprint density at radius 2 is 0.424 bits per heavy atom. The van der Waals surface area contributed by atoms with E-state index in [0.717, 1.165) is 135 Å². The van der Waals surface area contributed by atoms with Gasteiger partial charge in [0.05, 0.1) is 51.2 Å². The summed E-state index contributed by atoms with van der Waals surface area (Å²) < 4.78 is 0. The second kappa shape index (κ2) is 25.3. The lowest BCUT2D eigenvalue weighted by Gasteiger charge is -2.28. The number of nitrogens with one attached hydrogen (secondary N) is 3. The van der Waals surface area contributed by atoms with Crippen LogP contribution in [0.15, 0.2) is 234 Å². The normalized spacial score (nSPS) is 15.0. The zero-order valence-electron chi connectivity index (χ0n) is 61.1.